The Bertz CT molecular complexity index is 301. The maximum absolute atomic E-state index is 12.2. The molecule has 0 aliphatic rings. The molecule has 0 bridgehead atoms. The van der Waals surface area contributed by atoms with Crippen molar-refractivity contribution in [2.45, 2.75) is 37.7 Å². The van der Waals surface area contributed by atoms with Crippen LogP contribution in [-0.4, -0.2) is 42.0 Å². The number of ether oxygens (including phenoxy) is 1. The van der Waals surface area contributed by atoms with Crippen LogP contribution >= 0.6 is 11.8 Å². The zero-order valence-corrected chi connectivity index (χ0v) is 11.3. The van der Waals surface area contributed by atoms with Crippen molar-refractivity contribution in [2.75, 3.05) is 18.1 Å². The number of halogens is 6. The zero-order chi connectivity index (χ0) is 16.0. The first-order chi connectivity index (χ1) is 8.98. The summed E-state index contributed by atoms with van der Waals surface area (Å²) in [5, 5.41) is 10.9. The van der Waals surface area contributed by atoms with Crippen molar-refractivity contribution in [1.82, 2.24) is 0 Å². The Morgan fingerprint density at radius 3 is 2.00 bits per heavy atom. The predicted molar refractivity (Wildman–Crippen MR) is 58.0 cm³/mol. The second-order valence-corrected chi connectivity index (χ2v) is 5.00. The zero-order valence-electron chi connectivity index (χ0n) is 10.4. The van der Waals surface area contributed by atoms with Gasteiger partial charge in [-0.05, 0) is 12.2 Å². The van der Waals surface area contributed by atoms with E-state index in [4.69, 9.17) is 0 Å². The van der Waals surface area contributed by atoms with E-state index >= 15 is 0 Å². The molecule has 0 saturated heterocycles. The van der Waals surface area contributed by atoms with Gasteiger partial charge in [0.05, 0.1) is 0 Å². The summed E-state index contributed by atoms with van der Waals surface area (Å²) in [6, 6.07) is 0. The van der Waals surface area contributed by atoms with Gasteiger partial charge in [0.2, 0.25) is 0 Å². The normalized spacial score (nSPS) is 13.4. The minimum atomic E-state index is -6.31. The molecule has 0 heterocycles. The van der Waals surface area contributed by atoms with E-state index in [1.165, 1.54) is 11.8 Å². The van der Waals surface area contributed by atoms with Crippen LogP contribution in [0.5, 0.6) is 0 Å². The van der Waals surface area contributed by atoms with Crippen molar-refractivity contribution in [3.8, 4) is 0 Å². The Labute approximate surface area is 115 Å². The number of thioether (sulfide) groups is 1. The number of carbonyl (C=O) groups excluding carboxylic acids is 1. The Kier molecular flexibility index (Phi) is 7.16. The van der Waals surface area contributed by atoms with Crippen LogP contribution in [0.25, 0.3) is 0 Å². The lowest BCUT2D eigenvalue weighted by atomic mass is 10.0. The lowest BCUT2D eigenvalue weighted by Crippen LogP contribution is -2.71. The number of esters is 1. The third kappa shape index (κ3) is 4.72. The molecule has 0 atom stereocenters. The quantitative estimate of drug-likeness (QED) is 0.409. The molecule has 0 aliphatic heterocycles. The van der Waals surface area contributed by atoms with E-state index in [1.807, 2.05) is 6.92 Å². The van der Waals surface area contributed by atoms with Crippen LogP contribution in [0.3, 0.4) is 0 Å². The highest BCUT2D eigenvalue weighted by atomic mass is 32.2. The topological polar surface area (TPSA) is 49.4 Å². The molecule has 0 rings (SSSR count). The summed E-state index contributed by atoms with van der Waals surface area (Å²) in [5.41, 5.74) is -5.74. The summed E-state index contributed by atoms with van der Waals surface area (Å²) >= 11 is 1.20. The molecule has 0 amide bonds. The average molecular weight is 327 g/mol. The van der Waals surface area contributed by atoms with E-state index in [0.29, 0.717) is 5.75 Å². The van der Waals surface area contributed by atoms with Gasteiger partial charge in [0, 0.05) is 5.75 Å². The van der Waals surface area contributed by atoms with Crippen LogP contribution in [0.15, 0.2) is 0 Å². The lowest BCUT2D eigenvalue weighted by Gasteiger charge is -2.40. The highest BCUT2D eigenvalue weighted by molar-refractivity contribution is 7.99. The minimum absolute atomic E-state index is 0.0253. The molecule has 0 aromatic carbocycles. The third-order valence-electron chi connectivity index (χ3n) is 2.19. The number of hydrogen-bond donors (Lipinski definition) is 0. The highest BCUT2D eigenvalue weighted by Gasteiger charge is 2.68. The fraction of sp³-hybridized carbons (Fsp3) is 0.900. The van der Waals surface area contributed by atoms with Crippen molar-refractivity contribution < 1.29 is 41.0 Å². The SMILES string of the molecule is CCCCSCCOC(=O)C([O-])(C(F)(F)F)C(F)(F)F. The Balaban J connectivity index is 4.54. The van der Waals surface area contributed by atoms with Gasteiger partial charge in [-0.2, -0.15) is 38.1 Å². The van der Waals surface area contributed by atoms with Crippen LogP contribution in [-0.2, 0) is 9.53 Å². The van der Waals surface area contributed by atoms with Gasteiger partial charge in [0.15, 0.2) is 5.60 Å². The summed E-state index contributed by atoms with van der Waals surface area (Å²) in [7, 11) is 0. The molecule has 10 heteroatoms. The van der Waals surface area contributed by atoms with Gasteiger partial charge < -0.3 is 9.84 Å². The summed E-state index contributed by atoms with van der Waals surface area (Å²) in [5.74, 6) is -2.21. The van der Waals surface area contributed by atoms with Crippen LogP contribution in [0.1, 0.15) is 19.8 Å². The summed E-state index contributed by atoms with van der Waals surface area (Å²) in [4.78, 5) is 10.9. The van der Waals surface area contributed by atoms with E-state index in [0.717, 1.165) is 12.8 Å². The molecular formula is C10H13F6O3S-. The van der Waals surface area contributed by atoms with Gasteiger partial charge >= 0.3 is 18.3 Å². The van der Waals surface area contributed by atoms with Crippen molar-refractivity contribution in [2.24, 2.45) is 0 Å². The fourth-order valence-electron chi connectivity index (χ4n) is 1.04. The first kappa shape index (κ1) is 19.4. The molecule has 0 N–H and O–H groups in total. The Hall–Kier alpha value is -0.640. The summed E-state index contributed by atoms with van der Waals surface area (Å²) in [6.45, 7) is 1.22. The van der Waals surface area contributed by atoms with E-state index in [-0.39, 0.29) is 5.75 Å². The fourth-order valence-corrected chi connectivity index (χ4v) is 1.93. The average Bonchev–Trinajstić information content (AvgIpc) is 2.29. The largest absolute Gasteiger partial charge is 0.828 e. The Morgan fingerprint density at radius 2 is 1.60 bits per heavy atom. The molecule has 0 saturated carbocycles. The van der Waals surface area contributed by atoms with E-state index in [1.54, 1.807) is 0 Å². The second kappa shape index (κ2) is 7.39. The molecule has 0 aliphatic carbocycles. The molecule has 3 nitrogen and oxygen atoms in total. The highest BCUT2D eigenvalue weighted by Crippen LogP contribution is 2.41. The first-order valence-electron chi connectivity index (χ1n) is 5.57. The molecule has 0 fully saturated rings. The maximum atomic E-state index is 12.2. The number of unbranched alkanes of at least 4 members (excludes halogenated alkanes) is 1. The molecule has 0 spiro atoms. The molecule has 20 heavy (non-hydrogen) atoms. The molecule has 0 aromatic heterocycles. The number of alkyl halides is 6. The van der Waals surface area contributed by atoms with Gasteiger partial charge in [0.25, 0.3) is 0 Å². The summed E-state index contributed by atoms with van der Waals surface area (Å²) in [6.07, 6.45) is -10.9. The maximum Gasteiger partial charge on any atom is 0.399 e. The Morgan fingerprint density at radius 1 is 1.10 bits per heavy atom. The van der Waals surface area contributed by atoms with Crippen LogP contribution < -0.4 is 5.11 Å². The van der Waals surface area contributed by atoms with Crippen molar-refractivity contribution in [1.29, 1.82) is 0 Å². The lowest BCUT2D eigenvalue weighted by molar-refractivity contribution is -0.574. The van der Waals surface area contributed by atoms with E-state index in [2.05, 4.69) is 4.74 Å². The molecular weight excluding hydrogens is 314 g/mol. The number of hydrogen-bond acceptors (Lipinski definition) is 4. The molecule has 0 unspecified atom stereocenters. The standard InChI is InChI=1S/C10H13F6O3S/c1-2-3-5-20-6-4-19-7(17)8(18,9(11,12)13)10(14,15)16/h2-6H2,1H3/q-1. The van der Waals surface area contributed by atoms with E-state index in [9.17, 15) is 36.2 Å². The van der Waals surface area contributed by atoms with E-state index < -0.39 is 30.5 Å². The van der Waals surface area contributed by atoms with Gasteiger partial charge in [-0.3, -0.25) is 4.79 Å². The monoisotopic (exact) mass is 327 g/mol. The van der Waals surface area contributed by atoms with Gasteiger partial charge in [-0.15, -0.1) is 0 Å². The van der Waals surface area contributed by atoms with Crippen molar-refractivity contribution >= 4 is 17.7 Å². The molecule has 120 valence electrons. The number of carbonyl (C=O) groups is 1. The summed E-state index contributed by atoms with van der Waals surface area (Å²) < 4.78 is 77.0. The third-order valence-corrected chi connectivity index (χ3v) is 3.22. The number of rotatable bonds is 7. The second-order valence-electron chi connectivity index (χ2n) is 3.78. The van der Waals surface area contributed by atoms with Gasteiger partial charge in [-0.25, -0.2) is 0 Å². The smallest absolute Gasteiger partial charge is 0.399 e. The van der Waals surface area contributed by atoms with Crippen molar-refractivity contribution in [3.05, 3.63) is 0 Å². The molecule has 0 radical (unpaired) electrons. The van der Waals surface area contributed by atoms with Crippen LogP contribution in [0, 0.1) is 0 Å². The van der Waals surface area contributed by atoms with Crippen molar-refractivity contribution in [3.63, 3.8) is 0 Å². The minimum Gasteiger partial charge on any atom is -0.828 e. The van der Waals surface area contributed by atoms with Gasteiger partial charge in [0.1, 0.15) is 6.61 Å². The first-order valence-corrected chi connectivity index (χ1v) is 6.72. The molecule has 0 aromatic rings. The van der Waals surface area contributed by atoms with Gasteiger partial charge in [-0.1, -0.05) is 13.3 Å². The van der Waals surface area contributed by atoms with Crippen LogP contribution in [0.2, 0.25) is 0 Å². The van der Waals surface area contributed by atoms with Crippen LogP contribution in [0.4, 0.5) is 26.3 Å². The predicted octanol–water partition coefficient (Wildman–Crippen LogP) is 2.29.